The summed E-state index contributed by atoms with van der Waals surface area (Å²) in [5, 5.41) is 35.0. The normalized spacial score (nSPS) is 22.7. The molecule has 80 valence electrons. The Kier molecular flexibility index (Phi) is 6.80. The monoisotopic (exact) mass is 262 g/mol. The van der Waals surface area contributed by atoms with Crippen molar-refractivity contribution in [2.24, 2.45) is 0 Å². The fraction of sp³-hybridized carbons (Fsp3) is 0.500. The second-order valence-electron chi connectivity index (χ2n) is 2.31. The van der Waals surface area contributed by atoms with Crippen molar-refractivity contribution < 1.29 is 41.5 Å². The van der Waals surface area contributed by atoms with Crippen LogP contribution in [-0.2, 0) is 21.1 Å². The molecule has 1 aliphatic heterocycles. The van der Waals surface area contributed by atoms with Gasteiger partial charge in [0, 0.05) is 0 Å². The van der Waals surface area contributed by atoms with E-state index in [9.17, 15) is 4.79 Å². The van der Waals surface area contributed by atoms with Crippen LogP contribution < -0.4 is 0 Å². The zero-order chi connectivity index (χ0) is 11.3. The average molecular weight is 263 g/mol. The van der Waals surface area contributed by atoms with Crippen molar-refractivity contribution >= 4 is 31.3 Å². The molecule has 2 atom stereocenters. The SMILES string of the molecule is O=C1O[C@H]([C@@H](O)CO)C(O)=C1O.[Na][Cu]. The first-order valence-corrected chi connectivity index (χ1v) is 6.93. The zero-order valence-electron chi connectivity index (χ0n) is 7.27. The number of hydrogen-bond acceptors (Lipinski definition) is 6. The second kappa shape index (κ2) is 6.68. The summed E-state index contributed by atoms with van der Waals surface area (Å²) in [6, 6.07) is 0. The topological polar surface area (TPSA) is 107 Å². The second-order valence-corrected chi connectivity index (χ2v) is 2.31. The van der Waals surface area contributed by atoms with E-state index >= 15 is 0 Å². The van der Waals surface area contributed by atoms with Gasteiger partial charge in [-0.2, -0.15) is 0 Å². The maximum atomic E-state index is 10.5. The molecule has 0 radical (unpaired) electrons. The molecule has 4 N–H and O–H groups in total. The van der Waals surface area contributed by atoms with Crippen molar-refractivity contribution in [3.63, 3.8) is 0 Å². The molecule has 6 nitrogen and oxygen atoms in total. The summed E-state index contributed by atoms with van der Waals surface area (Å²) in [5.41, 5.74) is 0. The van der Waals surface area contributed by atoms with Crippen molar-refractivity contribution in [1.82, 2.24) is 0 Å². The van der Waals surface area contributed by atoms with Crippen LogP contribution in [0.5, 0.6) is 0 Å². The van der Waals surface area contributed by atoms with Gasteiger partial charge in [-0.05, 0) is 0 Å². The summed E-state index contributed by atoms with van der Waals surface area (Å²) in [6.45, 7) is -0.671. The predicted octanol–water partition coefficient (Wildman–Crippen LogP) is -1.79. The van der Waals surface area contributed by atoms with Crippen LogP contribution in [0.15, 0.2) is 11.5 Å². The minimum atomic E-state index is -1.42. The molecule has 0 unspecified atom stereocenters. The third-order valence-electron chi connectivity index (χ3n) is 1.48. The summed E-state index contributed by atoms with van der Waals surface area (Å²) in [6.07, 6.45) is -2.78. The van der Waals surface area contributed by atoms with Crippen LogP contribution in [0.3, 0.4) is 0 Å². The Morgan fingerprint density at radius 1 is 1.50 bits per heavy atom. The summed E-state index contributed by atoms with van der Waals surface area (Å²) in [5.74, 6) is -2.78. The van der Waals surface area contributed by atoms with Gasteiger partial charge < -0.3 is 25.2 Å². The fourth-order valence-electron chi connectivity index (χ4n) is 0.823. The van der Waals surface area contributed by atoms with Gasteiger partial charge in [0.15, 0.2) is 11.9 Å². The van der Waals surface area contributed by atoms with Gasteiger partial charge in [-0.25, -0.2) is 4.79 Å². The minimum absolute atomic E-state index is 0.671. The van der Waals surface area contributed by atoms with Gasteiger partial charge in [0.25, 0.3) is 0 Å². The summed E-state index contributed by atoms with van der Waals surface area (Å²) in [4.78, 5) is 10.5. The molecular weight excluding hydrogens is 255 g/mol. The molecule has 14 heavy (non-hydrogen) atoms. The number of ether oxygens (including phenoxy) is 1. The third-order valence-corrected chi connectivity index (χ3v) is 1.48. The van der Waals surface area contributed by atoms with Crippen molar-refractivity contribution in [2.75, 3.05) is 6.61 Å². The standard InChI is InChI=1S/C6H8O6.Cu.Na/c7-1-2(8)5-3(9)4(10)6(11)12-5;;/h2,5,7-10H,1H2;;/t2-,5+;;/m0../s1. The number of cyclic esters (lactones) is 1. The molecule has 8 heteroatoms. The van der Waals surface area contributed by atoms with Crippen LogP contribution in [0.25, 0.3) is 0 Å². The molecule has 0 aromatic heterocycles. The third kappa shape index (κ3) is 3.13. The Labute approximate surface area is 103 Å². The number of carbonyl (C=O) groups excluding carboxylic acids is 1. The van der Waals surface area contributed by atoms with E-state index in [1.54, 1.807) is 0 Å². The van der Waals surface area contributed by atoms with Gasteiger partial charge in [0.05, 0.1) is 6.61 Å². The molecule has 0 aromatic carbocycles. The molecule has 0 bridgehead atoms. The first-order valence-electron chi connectivity index (χ1n) is 3.50. The van der Waals surface area contributed by atoms with Crippen molar-refractivity contribution in [3.05, 3.63) is 11.5 Å². The average Bonchev–Trinajstić information content (AvgIpc) is 2.48. The molecule has 1 aliphatic rings. The summed E-state index contributed by atoms with van der Waals surface area (Å²) < 4.78 is 4.32. The van der Waals surface area contributed by atoms with Crippen LogP contribution in [0.4, 0.5) is 0 Å². The van der Waals surface area contributed by atoms with E-state index in [2.05, 4.69) is 16.3 Å². The first kappa shape index (κ1) is 14.2. The molecule has 1 rings (SSSR count). The van der Waals surface area contributed by atoms with Crippen LogP contribution >= 0.6 is 0 Å². The molecule has 0 aliphatic carbocycles. The van der Waals surface area contributed by atoms with E-state index in [1.165, 1.54) is 0 Å². The van der Waals surface area contributed by atoms with Crippen LogP contribution in [0, 0.1) is 0 Å². The molecule has 0 saturated heterocycles. The Hall–Kier alpha value is 0.249. The number of carbonyl (C=O) groups is 1. The fourth-order valence-corrected chi connectivity index (χ4v) is 0.823. The predicted molar refractivity (Wildman–Crippen MR) is 41.0 cm³/mol. The van der Waals surface area contributed by atoms with Crippen molar-refractivity contribution in [2.45, 2.75) is 12.2 Å². The number of rotatable bonds is 2. The van der Waals surface area contributed by atoms with Crippen LogP contribution in [0.2, 0.25) is 0 Å². The molecule has 0 spiro atoms. The van der Waals surface area contributed by atoms with Gasteiger partial charge in [-0.15, -0.1) is 0 Å². The van der Waals surface area contributed by atoms with Crippen LogP contribution in [0.1, 0.15) is 0 Å². The maximum absolute atomic E-state index is 10.5. The number of aliphatic hydroxyl groups excluding tert-OH is 4. The van der Waals surface area contributed by atoms with Gasteiger partial charge >= 0.3 is 42.9 Å². The molecule has 0 aromatic rings. The van der Waals surface area contributed by atoms with E-state index in [1.807, 2.05) is 0 Å². The van der Waals surface area contributed by atoms with Crippen molar-refractivity contribution in [3.8, 4) is 0 Å². The zero-order valence-corrected chi connectivity index (χ0v) is 10.2. The van der Waals surface area contributed by atoms with E-state index < -0.39 is 36.3 Å². The Bertz CT molecular complexity index is 242. The number of hydrogen-bond donors (Lipinski definition) is 4. The molecule has 0 saturated carbocycles. The molecular formula is C6H8CuNaO6. The summed E-state index contributed by atoms with van der Waals surface area (Å²) >= 11 is 5.19. The van der Waals surface area contributed by atoms with Crippen LogP contribution in [-0.4, -0.2) is 70.6 Å². The number of aliphatic hydroxyl groups is 4. The Balaban J connectivity index is 0.000000791. The molecule has 0 amide bonds. The van der Waals surface area contributed by atoms with E-state index in [-0.39, 0.29) is 0 Å². The Morgan fingerprint density at radius 3 is 2.29 bits per heavy atom. The van der Waals surface area contributed by atoms with Gasteiger partial charge in [0.1, 0.15) is 6.10 Å². The van der Waals surface area contributed by atoms with Gasteiger partial charge in [0.2, 0.25) is 5.76 Å². The molecule has 1 heterocycles. The summed E-state index contributed by atoms with van der Waals surface area (Å²) in [7, 11) is 0. The van der Waals surface area contributed by atoms with E-state index in [4.69, 9.17) is 20.4 Å². The van der Waals surface area contributed by atoms with E-state index in [0.717, 1.165) is 25.4 Å². The van der Waals surface area contributed by atoms with Gasteiger partial charge in [-0.3, -0.25) is 0 Å². The van der Waals surface area contributed by atoms with Crippen molar-refractivity contribution in [1.29, 1.82) is 0 Å². The quantitative estimate of drug-likeness (QED) is 0.346. The number of esters is 1. The first-order chi connectivity index (χ1) is 6.57. The van der Waals surface area contributed by atoms with E-state index in [0.29, 0.717) is 0 Å². The molecule has 0 fully saturated rings. The van der Waals surface area contributed by atoms with Gasteiger partial charge in [-0.1, -0.05) is 0 Å². The Morgan fingerprint density at radius 2 is 2.00 bits per heavy atom.